The number of carbonyl (C=O) groups is 1. The molecule has 0 N–H and O–H groups in total. The molecule has 0 amide bonds. The van der Waals surface area contributed by atoms with E-state index >= 15 is 0 Å². The van der Waals surface area contributed by atoms with Crippen LogP contribution in [-0.2, 0) is 19.0 Å². The summed E-state index contributed by atoms with van der Waals surface area (Å²) in [6.07, 6.45) is 1.42. The van der Waals surface area contributed by atoms with Crippen molar-refractivity contribution >= 4 is 6.29 Å². The van der Waals surface area contributed by atoms with Gasteiger partial charge in [-0.1, -0.05) is 6.08 Å². The number of fused-ring (bicyclic) bond motifs is 1. The lowest BCUT2D eigenvalue weighted by Crippen LogP contribution is -2.30. The van der Waals surface area contributed by atoms with E-state index in [1.54, 1.807) is 19.9 Å². The Morgan fingerprint density at radius 2 is 2.07 bits per heavy atom. The lowest BCUT2D eigenvalue weighted by atomic mass is 10.0. The van der Waals surface area contributed by atoms with Gasteiger partial charge in [0.15, 0.2) is 12.1 Å². The van der Waals surface area contributed by atoms with Gasteiger partial charge >= 0.3 is 0 Å². The molecular formula is C10H14O4. The summed E-state index contributed by atoms with van der Waals surface area (Å²) in [6.45, 7) is 7.22. The van der Waals surface area contributed by atoms with Gasteiger partial charge in [-0.15, -0.1) is 6.58 Å². The molecule has 0 aliphatic carbocycles. The van der Waals surface area contributed by atoms with Gasteiger partial charge in [0, 0.05) is 0 Å². The highest BCUT2D eigenvalue weighted by Gasteiger charge is 2.53. The van der Waals surface area contributed by atoms with Crippen molar-refractivity contribution < 1.29 is 19.0 Å². The molecule has 4 nitrogen and oxygen atoms in total. The molecule has 2 aliphatic rings. The smallest absolute Gasteiger partial charge is 0.188 e. The molecule has 0 aromatic heterocycles. The quantitative estimate of drug-likeness (QED) is 0.487. The van der Waals surface area contributed by atoms with Crippen molar-refractivity contribution in [3.05, 3.63) is 12.7 Å². The van der Waals surface area contributed by atoms with Crippen LogP contribution in [0.2, 0.25) is 0 Å². The molecule has 1 unspecified atom stereocenters. The second kappa shape index (κ2) is 3.15. The third-order valence-electron chi connectivity index (χ3n) is 2.53. The summed E-state index contributed by atoms with van der Waals surface area (Å²) < 4.78 is 16.5. The molecule has 0 aromatic carbocycles. The third kappa shape index (κ3) is 1.39. The minimum absolute atomic E-state index is 0.293. The van der Waals surface area contributed by atoms with Crippen LogP contribution in [0.3, 0.4) is 0 Å². The molecule has 4 heteroatoms. The molecule has 14 heavy (non-hydrogen) atoms. The van der Waals surface area contributed by atoms with Gasteiger partial charge in [-0.05, 0) is 13.8 Å². The molecule has 2 heterocycles. The molecule has 4 atom stereocenters. The molecule has 0 aromatic rings. The van der Waals surface area contributed by atoms with Gasteiger partial charge in [-0.3, -0.25) is 0 Å². The zero-order chi connectivity index (χ0) is 10.3. The van der Waals surface area contributed by atoms with Gasteiger partial charge in [-0.2, -0.15) is 0 Å². The van der Waals surface area contributed by atoms with Crippen LogP contribution in [-0.4, -0.2) is 30.6 Å². The summed E-state index contributed by atoms with van der Waals surface area (Å²) in [5.41, 5.74) is 0. The Morgan fingerprint density at radius 3 is 2.64 bits per heavy atom. The number of hydrogen-bond acceptors (Lipinski definition) is 4. The second-order valence-corrected chi connectivity index (χ2v) is 4.02. The van der Waals surface area contributed by atoms with E-state index in [9.17, 15) is 4.79 Å². The normalized spacial score (nSPS) is 44.7. The van der Waals surface area contributed by atoms with E-state index in [2.05, 4.69) is 6.58 Å². The van der Waals surface area contributed by atoms with Crippen LogP contribution in [0.25, 0.3) is 0 Å². The summed E-state index contributed by atoms with van der Waals surface area (Å²) in [7, 11) is 0. The van der Waals surface area contributed by atoms with E-state index in [0.717, 1.165) is 6.29 Å². The van der Waals surface area contributed by atoms with Gasteiger partial charge in [0.25, 0.3) is 0 Å². The molecular weight excluding hydrogens is 184 g/mol. The molecule has 2 rings (SSSR count). The molecule has 78 valence electrons. The Hall–Kier alpha value is -0.710. The van der Waals surface area contributed by atoms with Crippen LogP contribution < -0.4 is 0 Å². The van der Waals surface area contributed by atoms with Crippen LogP contribution in [0.4, 0.5) is 0 Å². The maximum Gasteiger partial charge on any atom is 0.188 e. The predicted octanol–water partition coefficient (Wildman–Crippen LogP) is 0.864. The van der Waals surface area contributed by atoms with E-state index in [0.29, 0.717) is 0 Å². The van der Waals surface area contributed by atoms with Crippen LogP contribution in [0.15, 0.2) is 12.7 Å². The fraction of sp³-hybridized carbons (Fsp3) is 0.700. The molecule has 0 bridgehead atoms. The topological polar surface area (TPSA) is 44.8 Å². The van der Waals surface area contributed by atoms with Crippen molar-refractivity contribution in [1.29, 1.82) is 0 Å². The monoisotopic (exact) mass is 198 g/mol. The lowest BCUT2D eigenvalue weighted by Gasteiger charge is -2.21. The van der Waals surface area contributed by atoms with Crippen molar-refractivity contribution in [3.8, 4) is 0 Å². The summed E-state index contributed by atoms with van der Waals surface area (Å²) >= 11 is 0. The SMILES string of the molecule is C=C[C@H]1O[C@@H]2OC(C)(C)O[C@@H]2C1C=O. The first-order valence-electron chi connectivity index (χ1n) is 4.66. The Morgan fingerprint density at radius 1 is 1.36 bits per heavy atom. The summed E-state index contributed by atoms with van der Waals surface area (Å²) in [6, 6.07) is 0. The maximum atomic E-state index is 10.9. The molecule has 2 fully saturated rings. The predicted molar refractivity (Wildman–Crippen MR) is 48.4 cm³/mol. The fourth-order valence-electron chi connectivity index (χ4n) is 1.92. The van der Waals surface area contributed by atoms with E-state index in [1.807, 2.05) is 0 Å². The molecule has 0 spiro atoms. The first-order valence-corrected chi connectivity index (χ1v) is 4.66. The van der Waals surface area contributed by atoms with Gasteiger partial charge in [0.05, 0.1) is 12.0 Å². The Kier molecular flexibility index (Phi) is 2.21. The number of hydrogen-bond donors (Lipinski definition) is 0. The average Bonchev–Trinajstić information content (AvgIpc) is 2.55. The highest BCUT2D eigenvalue weighted by molar-refractivity contribution is 5.57. The molecule has 2 saturated heterocycles. The Bertz CT molecular complexity index is 261. The van der Waals surface area contributed by atoms with Crippen LogP contribution in [0.1, 0.15) is 13.8 Å². The third-order valence-corrected chi connectivity index (χ3v) is 2.53. The van der Waals surface area contributed by atoms with Crippen molar-refractivity contribution in [2.75, 3.05) is 0 Å². The van der Waals surface area contributed by atoms with Crippen LogP contribution in [0, 0.1) is 5.92 Å². The highest BCUT2D eigenvalue weighted by Crippen LogP contribution is 2.39. The Balaban J connectivity index is 2.17. The minimum atomic E-state index is -0.664. The van der Waals surface area contributed by atoms with Crippen molar-refractivity contribution in [2.45, 2.75) is 38.1 Å². The van der Waals surface area contributed by atoms with Crippen LogP contribution >= 0.6 is 0 Å². The Labute approximate surface area is 82.8 Å². The number of aldehydes is 1. The van der Waals surface area contributed by atoms with E-state index < -0.39 is 12.1 Å². The average molecular weight is 198 g/mol. The number of rotatable bonds is 2. The fourth-order valence-corrected chi connectivity index (χ4v) is 1.92. The highest BCUT2D eigenvalue weighted by atomic mass is 16.8. The van der Waals surface area contributed by atoms with Gasteiger partial charge in [0.1, 0.15) is 12.4 Å². The summed E-state index contributed by atoms with van der Waals surface area (Å²) in [5, 5.41) is 0. The van der Waals surface area contributed by atoms with Gasteiger partial charge < -0.3 is 19.0 Å². The molecule has 0 saturated carbocycles. The molecule has 2 aliphatic heterocycles. The van der Waals surface area contributed by atoms with Crippen molar-refractivity contribution in [2.24, 2.45) is 5.92 Å². The van der Waals surface area contributed by atoms with E-state index in [4.69, 9.17) is 14.2 Å². The second-order valence-electron chi connectivity index (χ2n) is 4.02. The van der Waals surface area contributed by atoms with Crippen molar-refractivity contribution in [1.82, 2.24) is 0 Å². The minimum Gasteiger partial charge on any atom is -0.342 e. The maximum absolute atomic E-state index is 10.9. The van der Waals surface area contributed by atoms with Gasteiger partial charge in [-0.25, -0.2) is 0 Å². The zero-order valence-electron chi connectivity index (χ0n) is 8.30. The van der Waals surface area contributed by atoms with Gasteiger partial charge in [0.2, 0.25) is 0 Å². The van der Waals surface area contributed by atoms with E-state index in [1.165, 1.54) is 0 Å². The summed E-state index contributed by atoms with van der Waals surface area (Å²) in [5.74, 6) is -0.970. The largest absolute Gasteiger partial charge is 0.342 e. The number of ether oxygens (including phenoxy) is 3. The lowest BCUT2D eigenvalue weighted by molar-refractivity contribution is -0.203. The van der Waals surface area contributed by atoms with E-state index in [-0.39, 0.29) is 18.1 Å². The first-order chi connectivity index (χ1) is 6.57. The number of carbonyl (C=O) groups excluding carboxylic acids is 1. The standard InChI is InChI=1S/C10H14O4/c1-4-7-6(5-11)8-9(12-7)14-10(2,3)13-8/h4-9H,1H2,2-3H3/t6?,7-,8-,9-/m1/s1. The zero-order valence-corrected chi connectivity index (χ0v) is 8.30. The first kappa shape index (κ1) is 9.83. The molecule has 0 radical (unpaired) electrons. The van der Waals surface area contributed by atoms with Crippen LogP contribution in [0.5, 0.6) is 0 Å². The van der Waals surface area contributed by atoms with Crippen molar-refractivity contribution in [3.63, 3.8) is 0 Å². The summed E-state index contributed by atoms with van der Waals surface area (Å²) in [4.78, 5) is 10.9.